The van der Waals surface area contributed by atoms with Gasteiger partial charge in [0.2, 0.25) is 0 Å². The van der Waals surface area contributed by atoms with Crippen molar-refractivity contribution in [3.63, 3.8) is 0 Å². The summed E-state index contributed by atoms with van der Waals surface area (Å²) in [6.07, 6.45) is 2.44. The van der Waals surface area contributed by atoms with Gasteiger partial charge in [0.05, 0.1) is 6.54 Å². The smallest absolute Gasteiger partial charge is 0.164 e. The highest BCUT2D eigenvalue weighted by Crippen LogP contribution is 1.86. The number of rotatable bonds is 5. The highest BCUT2D eigenvalue weighted by Gasteiger charge is 1.95. The molecule has 0 aromatic carbocycles. The average molecular weight is 170 g/mol. The van der Waals surface area contributed by atoms with Crippen molar-refractivity contribution in [2.75, 3.05) is 13.2 Å². The maximum atomic E-state index is 8.49. The van der Waals surface area contributed by atoms with E-state index in [0.29, 0.717) is 6.54 Å². The number of nitrogens with one attached hydrogen (secondary N) is 1. The third kappa shape index (κ3) is 2.98. The molecule has 0 amide bonds. The molecule has 12 heavy (non-hydrogen) atoms. The lowest BCUT2D eigenvalue weighted by Crippen LogP contribution is -2.16. The second-order valence-electron chi connectivity index (χ2n) is 2.59. The summed E-state index contributed by atoms with van der Waals surface area (Å²) < 4.78 is 1.67. The molecule has 1 heterocycles. The summed E-state index contributed by atoms with van der Waals surface area (Å²) in [5.74, 6) is 0.787. The maximum absolute atomic E-state index is 8.49. The standard InChI is InChI=1S/C7H14N4O/c1-11-6-9-7(10-11)5-8-3-2-4-12/h6,8,12H,2-5H2,1H3. The molecule has 5 nitrogen and oxygen atoms in total. The molecule has 68 valence electrons. The summed E-state index contributed by atoms with van der Waals surface area (Å²) in [5, 5.41) is 15.7. The fraction of sp³-hybridized carbons (Fsp3) is 0.714. The van der Waals surface area contributed by atoms with E-state index in [1.807, 2.05) is 7.05 Å². The van der Waals surface area contributed by atoms with Crippen LogP contribution in [0.2, 0.25) is 0 Å². The van der Waals surface area contributed by atoms with E-state index in [4.69, 9.17) is 5.11 Å². The molecule has 1 rings (SSSR count). The molecule has 1 aromatic rings. The van der Waals surface area contributed by atoms with Gasteiger partial charge in [0.15, 0.2) is 5.82 Å². The van der Waals surface area contributed by atoms with Gasteiger partial charge in [-0.2, -0.15) is 5.10 Å². The minimum absolute atomic E-state index is 0.225. The lowest BCUT2D eigenvalue weighted by molar-refractivity contribution is 0.286. The van der Waals surface area contributed by atoms with Crippen molar-refractivity contribution in [2.45, 2.75) is 13.0 Å². The van der Waals surface area contributed by atoms with Gasteiger partial charge in [-0.15, -0.1) is 0 Å². The summed E-state index contributed by atoms with van der Waals surface area (Å²) in [5.41, 5.74) is 0. The van der Waals surface area contributed by atoms with Crippen LogP contribution in [-0.4, -0.2) is 33.0 Å². The fourth-order valence-corrected chi connectivity index (χ4v) is 0.869. The van der Waals surface area contributed by atoms with Crippen LogP contribution in [0.5, 0.6) is 0 Å². The van der Waals surface area contributed by atoms with Crippen LogP contribution in [0, 0.1) is 0 Å². The zero-order chi connectivity index (χ0) is 8.81. The first kappa shape index (κ1) is 9.15. The van der Waals surface area contributed by atoms with E-state index in [1.165, 1.54) is 0 Å². The SMILES string of the molecule is Cn1cnc(CNCCCO)n1. The molecule has 0 spiro atoms. The maximum Gasteiger partial charge on any atom is 0.164 e. The van der Waals surface area contributed by atoms with Crippen molar-refractivity contribution in [1.29, 1.82) is 0 Å². The van der Waals surface area contributed by atoms with Gasteiger partial charge in [0.25, 0.3) is 0 Å². The van der Waals surface area contributed by atoms with Crippen molar-refractivity contribution in [3.05, 3.63) is 12.2 Å². The molecule has 0 bridgehead atoms. The van der Waals surface area contributed by atoms with Gasteiger partial charge in [0, 0.05) is 13.7 Å². The first-order chi connectivity index (χ1) is 5.83. The van der Waals surface area contributed by atoms with Crippen LogP contribution in [0.3, 0.4) is 0 Å². The number of nitrogens with zero attached hydrogens (tertiary/aromatic N) is 3. The molecular weight excluding hydrogens is 156 g/mol. The molecule has 0 aliphatic heterocycles. The predicted molar refractivity (Wildman–Crippen MR) is 44.4 cm³/mol. The van der Waals surface area contributed by atoms with E-state index >= 15 is 0 Å². The van der Waals surface area contributed by atoms with Crippen LogP contribution >= 0.6 is 0 Å². The lowest BCUT2D eigenvalue weighted by Gasteiger charge is -1.98. The van der Waals surface area contributed by atoms with E-state index < -0.39 is 0 Å². The van der Waals surface area contributed by atoms with Crippen molar-refractivity contribution in [2.24, 2.45) is 7.05 Å². The second kappa shape index (κ2) is 4.84. The Morgan fingerprint density at radius 2 is 2.50 bits per heavy atom. The van der Waals surface area contributed by atoms with Crippen LogP contribution in [0.4, 0.5) is 0 Å². The molecule has 1 aromatic heterocycles. The monoisotopic (exact) mass is 170 g/mol. The Hall–Kier alpha value is -0.940. The van der Waals surface area contributed by atoms with Gasteiger partial charge in [-0.1, -0.05) is 0 Å². The Morgan fingerprint density at radius 1 is 1.67 bits per heavy atom. The first-order valence-corrected chi connectivity index (χ1v) is 3.99. The summed E-state index contributed by atoms with van der Waals surface area (Å²) in [6, 6.07) is 0. The van der Waals surface area contributed by atoms with E-state index in [1.54, 1.807) is 11.0 Å². The van der Waals surface area contributed by atoms with Gasteiger partial charge < -0.3 is 10.4 Å². The van der Waals surface area contributed by atoms with Crippen molar-refractivity contribution in [1.82, 2.24) is 20.1 Å². The second-order valence-corrected chi connectivity index (χ2v) is 2.59. The van der Waals surface area contributed by atoms with E-state index in [0.717, 1.165) is 18.8 Å². The third-order valence-corrected chi connectivity index (χ3v) is 1.44. The quantitative estimate of drug-likeness (QED) is 0.573. The van der Waals surface area contributed by atoms with Crippen LogP contribution < -0.4 is 5.32 Å². The molecule has 0 saturated carbocycles. The van der Waals surface area contributed by atoms with Crippen LogP contribution in [0.25, 0.3) is 0 Å². The molecule has 0 radical (unpaired) electrons. The number of hydrogen-bond acceptors (Lipinski definition) is 4. The van der Waals surface area contributed by atoms with Gasteiger partial charge in [-0.3, -0.25) is 4.68 Å². The molecule has 0 fully saturated rings. The van der Waals surface area contributed by atoms with Gasteiger partial charge >= 0.3 is 0 Å². The Kier molecular flexibility index (Phi) is 3.69. The van der Waals surface area contributed by atoms with Crippen LogP contribution in [-0.2, 0) is 13.6 Å². The summed E-state index contributed by atoms with van der Waals surface area (Å²) in [7, 11) is 1.84. The van der Waals surface area contributed by atoms with Gasteiger partial charge in [-0.05, 0) is 13.0 Å². The lowest BCUT2D eigenvalue weighted by atomic mass is 10.4. The van der Waals surface area contributed by atoms with Crippen LogP contribution in [0.1, 0.15) is 12.2 Å². The molecule has 0 aliphatic carbocycles. The normalized spacial score (nSPS) is 10.5. The number of aliphatic hydroxyl groups is 1. The zero-order valence-corrected chi connectivity index (χ0v) is 7.19. The summed E-state index contributed by atoms with van der Waals surface area (Å²) >= 11 is 0. The fourth-order valence-electron chi connectivity index (χ4n) is 0.869. The molecule has 2 N–H and O–H groups in total. The van der Waals surface area contributed by atoms with Gasteiger partial charge in [0.1, 0.15) is 6.33 Å². The van der Waals surface area contributed by atoms with Crippen molar-refractivity contribution in [3.8, 4) is 0 Å². The highest BCUT2D eigenvalue weighted by atomic mass is 16.3. The average Bonchev–Trinajstić information content (AvgIpc) is 2.45. The molecule has 0 aliphatic rings. The molecule has 5 heteroatoms. The minimum atomic E-state index is 0.225. The molecule has 0 saturated heterocycles. The van der Waals surface area contributed by atoms with E-state index in [2.05, 4.69) is 15.4 Å². The number of aryl methyl sites for hydroxylation is 1. The Balaban J connectivity index is 2.15. The molecule has 0 unspecified atom stereocenters. The first-order valence-electron chi connectivity index (χ1n) is 3.99. The van der Waals surface area contributed by atoms with Crippen molar-refractivity contribution >= 4 is 0 Å². The number of hydrogen-bond donors (Lipinski definition) is 2. The Labute approximate surface area is 71.4 Å². The predicted octanol–water partition coefficient (Wildman–Crippen LogP) is -0.713. The van der Waals surface area contributed by atoms with Crippen LogP contribution in [0.15, 0.2) is 6.33 Å². The Bertz CT molecular complexity index is 223. The largest absolute Gasteiger partial charge is 0.396 e. The minimum Gasteiger partial charge on any atom is -0.396 e. The van der Waals surface area contributed by atoms with E-state index in [9.17, 15) is 0 Å². The zero-order valence-electron chi connectivity index (χ0n) is 7.19. The highest BCUT2D eigenvalue weighted by molar-refractivity contribution is 4.79. The summed E-state index contributed by atoms with van der Waals surface area (Å²) in [4.78, 5) is 4.04. The number of aromatic nitrogens is 3. The van der Waals surface area contributed by atoms with Crippen molar-refractivity contribution < 1.29 is 5.11 Å². The molecule has 0 atom stereocenters. The van der Waals surface area contributed by atoms with E-state index in [-0.39, 0.29) is 6.61 Å². The molecular formula is C7H14N4O. The topological polar surface area (TPSA) is 63.0 Å². The third-order valence-electron chi connectivity index (χ3n) is 1.44. The van der Waals surface area contributed by atoms with Gasteiger partial charge in [-0.25, -0.2) is 4.98 Å². The Morgan fingerprint density at radius 3 is 3.08 bits per heavy atom. The number of aliphatic hydroxyl groups excluding tert-OH is 1. The summed E-state index contributed by atoms with van der Waals surface area (Å²) in [6.45, 7) is 1.69.